The van der Waals surface area contributed by atoms with E-state index in [0.29, 0.717) is 29.0 Å². The molecule has 3 amide bonds. The van der Waals surface area contributed by atoms with Crippen molar-refractivity contribution < 1.29 is 23.2 Å². The van der Waals surface area contributed by atoms with E-state index in [0.717, 1.165) is 24.0 Å². The molecule has 0 spiro atoms. The lowest BCUT2D eigenvalue weighted by Gasteiger charge is -2.35. The Morgan fingerprint density at radius 1 is 1.12 bits per heavy atom. The summed E-state index contributed by atoms with van der Waals surface area (Å²) in [6.07, 6.45) is 1.77. The number of nitrogens with zero attached hydrogens (tertiary/aromatic N) is 4. The maximum absolute atomic E-state index is 14.5. The molecule has 1 fully saturated rings. The van der Waals surface area contributed by atoms with E-state index in [1.165, 1.54) is 21.5 Å². The van der Waals surface area contributed by atoms with Crippen LogP contribution in [0.15, 0.2) is 30.3 Å². The molecule has 1 N–H and O–H groups in total. The van der Waals surface area contributed by atoms with Gasteiger partial charge in [0.2, 0.25) is 5.91 Å². The Balaban J connectivity index is 1.70. The topological polar surface area (TPSA) is 96.8 Å². The number of rotatable bonds is 6. The minimum atomic E-state index is -0.490. The molecule has 5 rings (SSSR count). The van der Waals surface area contributed by atoms with E-state index in [1.807, 2.05) is 53.7 Å². The molecule has 3 aromatic rings. The van der Waals surface area contributed by atoms with Gasteiger partial charge in [-0.05, 0) is 101 Å². The molecule has 2 aromatic carbocycles. The van der Waals surface area contributed by atoms with Gasteiger partial charge in [0.05, 0.1) is 15.9 Å². The van der Waals surface area contributed by atoms with Crippen LogP contribution in [-0.4, -0.2) is 53.2 Å². The van der Waals surface area contributed by atoms with Crippen LogP contribution in [0.25, 0.3) is 5.69 Å². The van der Waals surface area contributed by atoms with Crippen molar-refractivity contribution in [3.63, 3.8) is 0 Å². The van der Waals surface area contributed by atoms with Gasteiger partial charge in [0.15, 0.2) is 5.69 Å². The summed E-state index contributed by atoms with van der Waals surface area (Å²) in [5, 5.41) is 7.31. The number of hydrogen-bond donors (Lipinski definition) is 1. The first-order valence-corrected chi connectivity index (χ1v) is 14.6. The number of aromatic nitrogens is 2. The molecule has 2 unspecified atom stereocenters. The summed E-state index contributed by atoms with van der Waals surface area (Å²) in [5.74, 6) is -0.737. The predicted molar refractivity (Wildman–Crippen MR) is 164 cm³/mol. The molecule has 0 saturated carbocycles. The van der Waals surface area contributed by atoms with Gasteiger partial charge in [-0.15, -0.1) is 0 Å². The first kappa shape index (κ1) is 25.6. The number of carbonyl (C=O) groups is 3. The number of hydrogen-bond acceptors (Lipinski definition) is 5. The maximum atomic E-state index is 14.5. The van der Waals surface area contributed by atoms with Crippen LogP contribution >= 0.6 is 0 Å². The van der Waals surface area contributed by atoms with E-state index in [9.17, 15) is 14.4 Å². The summed E-state index contributed by atoms with van der Waals surface area (Å²) in [7, 11) is 1.51. The summed E-state index contributed by atoms with van der Waals surface area (Å²) in [6, 6.07) is 2.89. The molecule has 2 aliphatic heterocycles. The van der Waals surface area contributed by atoms with E-state index >= 15 is 0 Å². The van der Waals surface area contributed by atoms with Gasteiger partial charge >= 0.3 is 0 Å². The molecule has 1 aromatic heterocycles. The summed E-state index contributed by atoms with van der Waals surface area (Å²) in [6.45, 7) is 13.3. The van der Waals surface area contributed by atoms with E-state index in [1.54, 1.807) is 6.92 Å². The Kier molecular flexibility index (Phi) is 6.86. The number of anilines is 2. The molecule has 9 heteroatoms. The van der Waals surface area contributed by atoms with Crippen LogP contribution in [0.5, 0.6) is 5.75 Å². The lowest BCUT2D eigenvalue weighted by molar-refractivity contribution is -0.120. The molecule has 2 aliphatic rings. The molecule has 0 bridgehead atoms. The van der Waals surface area contributed by atoms with Crippen molar-refractivity contribution in [2.24, 2.45) is 0 Å². The predicted octanol–water partition coefficient (Wildman–Crippen LogP) is 5.61. The number of amides is 3. The highest BCUT2D eigenvalue weighted by Gasteiger charge is 2.39. The molecule has 42 heavy (non-hydrogen) atoms. The van der Waals surface area contributed by atoms with Gasteiger partial charge in [0, 0.05) is 48.9 Å². The zero-order valence-corrected chi connectivity index (χ0v) is 25.6. The zero-order valence-electron chi connectivity index (χ0n) is 28.6. The Bertz CT molecular complexity index is 1700. The molecule has 0 aliphatic carbocycles. The maximum Gasteiger partial charge on any atom is 0.277 e. The first-order chi connectivity index (χ1) is 21.2. The molecule has 3 heterocycles. The van der Waals surface area contributed by atoms with Crippen LogP contribution in [0.3, 0.4) is 0 Å². The minimum absolute atomic E-state index is 0.0314. The first-order valence-electron chi connectivity index (χ1n) is 16.1. The van der Waals surface area contributed by atoms with Gasteiger partial charge in [0.25, 0.3) is 11.8 Å². The van der Waals surface area contributed by atoms with E-state index < -0.39 is 11.8 Å². The number of carbonyl (C=O) groups excluding carboxylic acids is 3. The average molecular weight is 575 g/mol. The van der Waals surface area contributed by atoms with Crippen LogP contribution < -0.4 is 19.9 Å². The van der Waals surface area contributed by atoms with Crippen molar-refractivity contribution in [3.8, 4) is 11.4 Å². The summed E-state index contributed by atoms with van der Waals surface area (Å²) >= 11 is 0. The molecule has 1 saturated heterocycles. The van der Waals surface area contributed by atoms with Gasteiger partial charge in [-0.3, -0.25) is 14.4 Å². The van der Waals surface area contributed by atoms with Crippen LogP contribution in [0.4, 0.5) is 11.4 Å². The van der Waals surface area contributed by atoms with Crippen molar-refractivity contribution in [1.29, 1.82) is 0 Å². The SMILES string of the molecule is [2H]c1c([2H])c(N2C(=O)CCCC2C)c([2H])c(C)c1N1CC(C)c2c(C(=O)NC)nn(-c3ccc(OC(C)C)c(C)c3C)c2C1=O. The van der Waals surface area contributed by atoms with Gasteiger partial charge in [-0.1, -0.05) is 6.92 Å². The van der Waals surface area contributed by atoms with E-state index in [-0.39, 0.29) is 71.4 Å². The lowest BCUT2D eigenvalue weighted by Crippen LogP contribution is -2.42. The Labute approximate surface area is 252 Å². The quantitative estimate of drug-likeness (QED) is 0.413. The molecule has 0 radical (unpaired) electrons. The highest BCUT2D eigenvalue weighted by Crippen LogP contribution is 2.39. The zero-order chi connectivity index (χ0) is 33.1. The van der Waals surface area contributed by atoms with Gasteiger partial charge in [0.1, 0.15) is 11.4 Å². The number of piperidine rings is 1. The Hall–Kier alpha value is -4.14. The lowest BCUT2D eigenvalue weighted by atomic mass is 9.92. The number of benzene rings is 2. The van der Waals surface area contributed by atoms with Crippen molar-refractivity contribution >= 4 is 29.1 Å². The van der Waals surface area contributed by atoms with E-state index in [2.05, 4.69) is 10.4 Å². The van der Waals surface area contributed by atoms with Crippen LogP contribution in [0.1, 0.15) is 100 Å². The fourth-order valence-electron chi connectivity index (χ4n) is 5.98. The Morgan fingerprint density at radius 3 is 2.52 bits per heavy atom. The van der Waals surface area contributed by atoms with E-state index in [4.69, 9.17) is 8.85 Å². The minimum Gasteiger partial charge on any atom is -0.491 e. The fourth-order valence-corrected chi connectivity index (χ4v) is 5.98. The third-order valence-corrected chi connectivity index (χ3v) is 8.25. The third kappa shape index (κ3) is 4.95. The molecular formula is C33H41N5O4. The summed E-state index contributed by atoms with van der Waals surface area (Å²) in [5.41, 5.74) is 3.73. The fraction of sp³-hybridized carbons (Fsp3) is 0.455. The average Bonchev–Trinajstić information content (AvgIpc) is 3.39. The van der Waals surface area contributed by atoms with Gasteiger partial charge < -0.3 is 19.9 Å². The number of ether oxygens (including phenoxy) is 1. The highest BCUT2D eigenvalue weighted by atomic mass is 16.5. The van der Waals surface area contributed by atoms with Crippen LogP contribution in [0.2, 0.25) is 0 Å². The third-order valence-electron chi connectivity index (χ3n) is 8.25. The largest absolute Gasteiger partial charge is 0.491 e. The monoisotopic (exact) mass is 574 g/mol. The molecule has 2 atom stereocenters. The second kappa shape index (κ2) is 11.3. The van der Waals surface area contributed by atoms with Crippen molar-refractivity contribution in [2.75, 3.05) is 23.4 Å². The Morgan fingerprint density at radius 2 is 1.86 bits per heavy atom. The van der Waals surface area contributed by atoms with Crippen LogP contribution in [-0.2, 0) is 4.79 Å². The van der Waals surface area contributed by atoms with Crippen molar-refractivity contribution in [1.82, 2.24) is 15.1 Å². The smallest absolute Gasteiger partial charge is 0.277 e. The van der Waals surface area contributed by atoms with Crippen molar-refractivity contribution in [2.45, 2.75) is 85.8 Å². The molecule has 9 nitrogen and oxygen atoms in total. The summed E-state index contributed by atoms with van der Waals surface area (Å²) in [4.78, 5) is 43.4. The highest BCUT2D eigenvalue weighted by molar-refractivity contribution is 6.10. The molecule has 222 valence electrons. The number of nitrogens with one attached hydrogen (secondary N) is 1. The second-order valence-electron chi connectivity index (χ2n) is 11.6. The van der Waals surface area contributed by atoms with Gasteiger partial charge in [-0.25, -0.2) is 4.68 Å². The normalized spacial score (nSPS) is 19.9. The van der Waals surface area contributed by atoms with Crippen LogP contribution in [0, 0.1) is 20.8 Å². The van der Waals surface area contributed by atoms with Gasteiger partial charge in [-0.2, -0.15) is 5.10 Å². The molecular weight excluding hydrogens is 530 g/mol. The van der Waals surface area contributed by atoms with Crippen molar-refractivity contribution in [3.05, 3.63) is 63.9 Å². The standard InChI is InChI=1S/C33H41N5O4/c1-18(2)42-27-15-14-26(22(6)23(27)7)38-31-29(30(35-38)32(40)34-8)20(4)17-36(33(31)41)25-13-12-24(16-19(25)3)37-21(5)10-9-11-28(37)39/h12-16,18,20-21H,9-11,17H2,1-8H3,(H,34,40)/i12D,13D,16D. The second-order valence-corrected chi connectivity index (χ2v) is 11.6. The number of fused-ring (bicyclic) bond motifs is 1. The summed E-state index contributed by atoms with van der Waals surface area (Å²) < 4.78 is 34.5.